The highest BCUT2D eigenvalue weighted by atomic mass is 32.2. The fraction of sp³-hybridized carbons (Fsp3) is 0.611. The first-order valence-electron chi connectivity index (χ1n) is 8.79. The van der Waals surface area contributed by atoms with Gasteiger partial charge >= 0.3 is 0 Å². The summed E-state index contributed by atoms with van der Waals surface area (Å²) in [5, 5.41) is 0. The normalized spacial score (nSPS) is 16.2. The molecule has 0 N–H and O–H groups in total. The van der Waals surface area contributed by atoms with Crippen LogP contribution < -0.4 is 0 Å². The van der Waals surface area contributed by atoms with Gasteiger partial charge in [-0.2, -0.15) is 0 Å². The van der Waals surface area contributed by atoms with Gasteiger partial charge in [0.25, 0.3) is 5.91 Å². The molecular formula is C18H29N3O4S. The van der Waals surface area contributed by atoms with Crippen LogP contribution in [0.1, 0.15) is 23.2 Å². The highest BCUT2D eigenvalue weighted by Crippen LogP contribution is 2.19. The molecule has 8 heteroatoms. The van der Waals surface area contributed by atoms with Crippen LogP contribution in [0, 0.1) is 0 Å². The van der Waals surface area contributed by atoms with Crippen molar-refractivity contribution >= 4 is 15.9 Å². The fourth-order valence-electron chi connectivity index (χ4n) is 2.90. The second-order valence-corrected chi connectivity index (χ2v) is 9.11. The van der Waals surface area contributed by atoms with Crippen molar-refractivity contribution in [2.75, 3.05) is 54.5 Å². The van der Waals surface area contributed by atoms with Gasteiger partial charge < -0.3 is 14.5 Å². The molecule has 0 aliphatic carbocycles. The molecule has 0 bridgehead atoms. The van der Waals surface area contributed by atoms with Crippen LogP contribution in [0.15, 0.2) is 29.2 Å². The average Bonchev–Trinajstić information content (AvgIpc) is 2.62. The quantitative estimate of drug-likeness (QED) is 0.706. The van der Waals surface area contributed by atoms with Crippen molar-refractivity contribution in [3.05, 3.63) is 29.8 Å². The van der Waals surface area contributed by atoms with Gasteiger partial charge in [-0.05, 0) is 51.2 Å². The number of carbonyl (C=O) groups excluding carboxylic acids is 1. The Morgan fingerprint density at radius 1 is 1.04 bits per heavy atom. The summed E-state index contributed by atoms with van der Waals surface area (Å²) in [4.78, 5) is 17.2. The van der Waals surface area contributed by atoms with Crippen LogP contribution in [0.2, 0.25) is 0 Å². The number of amides is 1. The molecule has 2 rings (SSSR count). The molecule has 1 aromatic carbocycles. The smallest absolute Gasteiger partial charge is 0.254 e. The summed E-state index contributed by atoms with van der Waals surface area (Å²) in [6.07, 6.45) is 1.65. The Morgan fingerprint density at radius 2 is 1.62 bits per heavy atom. The Kier molecular flexibility index (Phi) is 7.16. The summed E-state index contributed by atoms with van der Waals surface area (Å²) in [7, 11) is 3.44. The molecule has 146 valence electrons. The highest BCUT2D eigenvalue weighted by molar-refractivity contribution is 7.89. The largest absolute Gasteiger partial charge is 0.381 e. The summed E-state index contributed by atoms with van der Waals surface area (Å²) in [5.41, 5.74) is 0.507. The molecule has 0 unspecified atom stereocenters. The Hall–Kier alpha value is -1.48. The zero-order valence-corrected chi connectivity index (χ0v) is 16.8. The first-order chi connectivity index (χ1) is 12.2. The predicted octanol–water partition coefficient (Wildman–Crippen LogP) is 1.12. The summed E-state index contributed by atoms with van der Waals surface area (Å²) in [6.45, 7) is 2.73. The molecule has 1 aromatic rings. The zero-order valence-electron chi connectivity index (χ0n) is 16.0. The van der Waals surface area contributed by atoms with Crippen molar-refractivity contribution in [1.82, 2.24) is 14.1 Å². The van der Waals surface area contributed by atoms with Crippen LogP contribution in [0.3, 0.4) is 0 Å². The third-order valence-corrected chi connectivity index (χ3v) is 6.39. The number of sulfonamides is 1. The van der Waals surface area contributed by atoms with Crippen molar-refractivity contribution < 1.29 is 17.9 Å². The topological polar surface area (TPSA) is 70.2 Å². The van der Waals surface area contributed by atoms with Crippen LogP contribution in [-0.4, -0.2) is 89.0 Å². The van der Waals surface area contributed by atoms with Gasteiger partial charge in [-0.3, -0.25) is 4.79 Å². The van der Waals surface area contributed by atoms with E-state index in [9.17, 15) is 13.2 Å². The maximum Gasteiger partial charge on any atom is 0.254 e. The van der Waals surface area contributed by atoms with Gasteiger partial charge in [0, 0.05) is 52.0 Å². The number of ether oxygens (including phenoxy) is 1. The molecule has 1 aliphatic heterocycles. The second-order valence-electron chi connectivity index (χ2n) is 6.96. The fourth-order valence-corrected chi connectivity index (χ4v) is 3.80. The highest BCUT2D eigenvalue weighted by Gasteiger charge is 2.27. The zero-order chi connectivity index (χ0) is 19.3. The second kappa shape index (κ2) is 8.94. The van der Waals surface area contributed by atoms with Crippen LogP contribution in [0.25, 0.3) is 0 Å². The Balaban J connectivity index is 2.21. The van der Waals surface area contributed by atoms with Crippen molar-refractivity contribution in [1.29, 1.82) is 0 Å². The van der Waals surface area contributed by atoms with E-state index in [4.69, 9.17) is 4.74 Å². The van der Waals surface area contributed by atoms with Gasteiger partial charge in [-0.25, -0.2) is 12.7 Å². The maximum atomic E-state index is 13.1. The molecule has 0 aromatic heterocycles. The monoisotopic (exact) mass is 383 g/mol. The van der Waals surface area contributed by atoms with E-state index in [2.05, 4.69) is 0 Å². The Labute approximate surface area is 156 Å². The lowest BCUT2D eigenvalue weighted by Crippen LogP contribution is -2.46. The Bertz CT molecular complexity index is 696. The van der Waals surface area contributed by atoms with Crippen LogP contribution in [0.4, 0.5) is 0 Å². The van der Waals surface area contributed by atoms with Crippen LogP contribution in [-0.2, 0) is 14.8 Å². The van der Waals surface area contributed by atoms with E-state index >= 15 is 0 Å². The third kappa shape index (κ3) is 5.03. The van der Waals surface area contributed by atoms with E-state index in [1.54, 1.807) is 12.1 Å². The molecule has 1 fully saturated rings. The van der Waals surface area contributed by atoms with Crippen molar-refractivity contribution in [2.45, 2.75) is 23.8 Å². The molecule has 1 saturated heterocycles. The Morgan fingerprint density at radius 3 is 2.12 bits per heavy atom. The molecule has 26 heavy (non-hydrogen) atoms. The molecule has 0 radical (unpaired) electrons. The standard InChI is InChI=1S/C18H29N3O4S/c1-19(2)11-12-21(16-9-13-25-14-10-16)18(22)15-5-7-17(8-6-15)26(23,24)20(3)4/h5-8,16H,9-14H2,1-4H3. The molecular weight excluding hydrogens is 354 g/mol. The number of nitrogens with zero attached hydrogens (tertiary/aromatic N) is 3. The van der Waals surface area contributed by atoms with Gasteiger partial charge in [-0.15, -0.1) is 0 Å². The maximum absolute atomic E-state index is 13.1. The minimum Gasteiger partial charge on any atom is -0.381 e. The predicted molar refractivity (Wildman–Crippen MR) is 101 cm³/mol. The van der Waals surface area contributed by atoms with E-state index in [1.807, 2.05) is 23.9 Å². The van der Waals surface area contributed by atoms with E-state index in [-0.39, 0.29) is 16.8 Å². The molecule has 1 aliphatic rings. The van der Waals surface area contributed by atoms with E-state index in [1.165, 1.54) is 26.2 Å². The summed E-state index contributed by atoms with van der Waals surface area (Å²) < 4.78 is 30.9. The number of rotatable bonds is 7. The number of carbonyl (C=O) groups is 1. The number of hydrogen-bond acceptors (Lipinski definition) is 5. The van der Waals surface area contributed by atoms with Crippen LogP contribution >= 0.6 is 0 Å². The average molecular weight is 384 g/mol. The lowest BCUT2D eigenvalue weighted by atomic mass is 10.1. The van der Waals surface area contributed by atoms with E-state index in [0.29, 0.717) is 25.3 Å². The molecule has 0 saturated carbocycles. The number of benzene rings is 1. The molecule has 0 atom stereocenters. The van der Waals surface area contributed by atoms with Crippen molar-refractivity contribution in [3.8, 4) is 0 Å². The SMILES string of the molecule is CN(C)CCN(C(=O)c1ccc(S(=O)(=O)N(C)C)cc1)C1CCOCC1. The first kappa shape index (κ1) is 20.8. The minimum absolute atomic E-state index is 0.0625. The van der Waals surface area contributed by atoms with Crippen LogP contribution in [0.5, 0.6) is 0 Å². The minimum atomic E-state index is -3.50. The van der Waals surface area contributed by atoms with Gasteiger partial charge in [-0.1, -0.05) is 0 Å². The van der Waals surface area contributed by atoms with Gasteiger partial charge in [0.2, 0.25) is 10.0 Å². The molecule has 7 nitrogen and oxygen atoms in total. The van der Waals surface area contributed by atoms with E-state index < -0.39 is 10.0 Å². The third-order valence-electron chi connectivity index (χ3n) is 4.56. The van der Waals surface area contributed by atoms with Crippen molar-refractivity contribution in [3.63, 3.8) is 0 Å². The summed E-state index contributed by atoms with van der Waals surface area (Å²) >= 11 is 0. The molecule has 1 amide bonds. The summed E-state index contributed by atoms with van der Waals surface area (Å²) in [5.74, 6) is -0.0625. The molecule has 0 spiro atoms. The summed E-state index contributed by atoms with van der Waals surface area (Å²) in [6, 6.07) is 6.34. The number of likely N-dealkylation sites (N-methyl/N-ethyl adjacent to an activating group) is 1. The molecule has 1 heterocycles. The first-order valence-corrected chi connectivity index (χ1v) is 10.2. The lowest BCUT2D eigenvalue weighted by Gasteiger charge is -2.35. The van der Waals surface area contributed by atoms with E-state index in [0.717, 1.165) is 23.7 Å². The lowest BCUT2D eigenvalue weighted by molar-refractivity contribution is 0.0276. The van der Waals surface area contributed by atoms with Gasteiger partial charge in [0.1, 0.15) is 0 Å². The van der Waals surface area contributed by atoms with Gasteiger partial charge in [0.15, 0.2) is 0 Å². The van der Waals surface area contributed by atoms with Gasteiger partial charge in [0.05, 0.1) is 4.90 Å². The van der Waals surface area contributed by atoms with Crippen molar-refractivity contribution in [2.24, 2.45) is 0 Å². The number of hydrogen-bond donors (Lipinski definition) is 0.